The highest BCUT2D eigenvalue weighted by Gasteiger charge is 2.47. The Morgan fingerprint density at radius 3 is 2.32 bits per heavy atom. The van der Waals surface area contributed by atoms with E-state index in [-0.39, 0.29) is 29.9 Å². The summed E-state index contributed by atoms with van der Waals surface area (Å²) >= 11 is 0. The Bertz CT molecular complexity index is 837. The first-order valence-electron chi connectivity index (χ1n) is 10.0. The van der Waals surface area contributed by atoms with E-state index < -0.39 is 0 Å². The first kappa shape index (κ1) is 18.7. The average molecular weight is 382 g/mol. The number of fused-ring (bicyclic) bond motifs is 2. The summed E-state index contributed by atoms with van der Waals surface area (Å²) in [6.07, 6.45) is 4.40. The number of ether oxygens (including phenoxy) is 1. The van der Waals surface area contributed by atoms with Crippen molar-refractivity contribution in [3.63, 3.8) is 0 Å². The van der Waals surface area contributed by atoms with Gasteiger partial charge in [-0.1, -0.05) is 24.3 Å². The molecule has 3 aliphatic rings. The summed E-state index contributed by atoms with van der Waals surface area (Å²) in [5.74, 6) is -0.352. The van der Waals surface area contributed by atoms with E-state index in [0.717, 1.165) is 49.9 Å². The number of Topliss-reactive ketones (excluding diaryl/α,β-unsaturated/α-hetero) is 1. The SMILES string of the molecule is COC(=O)C1=C(c2ccc(C(C)=O)cc2)C[C@H]2CC[C@@H]1N2C(=O)N1CCCC1. The molecule has 2 fully saturated rings. The van der Waals surface area contributed by atoms with E-state index >= 15 is 0 Å². The first-order valence-corrected chi connectivity index (χ1v) is 10.0. The van der Waals surface area contributed by atoms with Crippen molar-refractivity contribution in [2.24, 2.45) is 0 Å². The molecule has 2 amide bonds. The van der Waals surface area contributed by atoms with Crippen LogP contribution in [-0.2, 0) is 9.53 Å². The highest BCUT2D eigenvalue weighted by Crippen LogP contribution is 2.44. The van der Waals surface area contributed by atoms with Crippen LogP contribution in [0, 0.1) is 0 Å². The summed E-state index contributed by atoms with van der Waals surface area (Å²) in [6, 6.07) is 7.30. The van der Waals surface area contributed by atoms with Crippen molar-refractivity contribution in [2.45, 2.75) is 51.1 Å². The van der Waals surface area contributed by atoms with E-state index in [1.54, 1.807) is 12.1 Å². The normalized spacial score (nSPS) is 23.9. The van der Waals surface area contributed by atoms with E-state index in [4.69, 9.17) is 4.74 Å². The number of carbonyl (C=O) groups is 3. The molecule has 2 atom stereocenters. The smallest absolute Gasteiger partial charge is 0.336 e. The number of nitrogens with zero attached hydrogens (tertiary/aromatic N) is 2. The Labute approximate surface area is 165 Å². The van der Waals surface area contributed by atoms with Crippen molar-refractivity contribution in [3.05, 3.63) is 41.0 Å². The van der Waals surface area contributed by atoms with Gasteiger partial charge in [-0.05, 0) is 50.2 Å². The Hall–Kier alpha value is -2.63. The second kappa shape index (κ2) is 7.41. The number of amides is 2. The monoisotopic (exact) mass is 382 g/mol. The molecule has 2 saturated heterocycles. The molecule has 0 aromatic heterocycles. The third-order valence-corrected chi connectivity index (χ3v) is 6.24. The van der Waals surface area contributed by atoms with Crippen molar-refractivity contribution >= 4 is 23.4 Å². The van der Waals surface area contributed by atoms with Gasteiger partial charge in [0.2, 0.25) is 0 Å². The third kappa shape index (κ3) is 3.11. The molecule has 0 unspecified atom stereocenters. The van der Waals surface area contributed by atoms with Crippen LogP contribution in [0.25, 0.3) is 5.57 Å². The predicted molar refractivity (Wildman–Crippen MR) is 105 cm³/mol. The summed E-state index contributed by atoms with van der Waals surface area (Å²) in [4.78, 5) is 41.2. The van der Waals surface area contributed by atoms with Gasteiger partial charge in [-0.25, -0.2) is 9.59 Å². The van der Waals surface area contributed by atoms with Crippen molar-refractivity contribution in [3.8, 4) is 0 Å². The second-order valence-electron chi connectivity index (χ2n) is 7.85. The van der Waals surface area contributed by atoms with Gasteiger partial charge in [0.15, 0.2) is 5.78 Å². The van der Waals surface area contributed by atoms with Crippen LogP contribution in [-0.4, -0.2) is 59.9 Å². The van der Waals surface area contributed by atoms with E-state index in [0.29, 0.717) is 17.6 Å². The molecule has 6 heteroatoms. The van der Waals surface area contributed by atoms with Crippen LogP contribution < -0.4 is 0 Å². The number of hydrogen-bond acceptors (Lipinski definition) is 4. The third-order valence-electron chi connectivity index (χ3n) is 6.24. The minimum atomic E-state index is -0.366. The lowest BCUT2D eigenvalue weighted by molar-refractivity contribution is -0.136. The maximum atomic E-state index is 13.1. The zero-order chi connectivity index (χ0) is 19.8. The summed E-state index contributed by atoms with van der Waals surface area (Å²) in [5, 5.41) is 0. The summed E-state index contributed by atoms with van der Waals surface area (Å²) in [5.41, 5.74) is 3.11. The standard InChI is InChI=1S/C22H26N2O4/c1-14(25)15-5-7-16(8-6-15)18-13-17-9-10-19(20(18)21(26)28-2)24(17)22(27)23-11-3-4-12-23/h5-8,17,19H,3-4,9-13H2,1-2H3/t17-,19+/m1/s1. The highest BCUT2D eigenvalue weighted by atomic mass is 16.5. The maximum Gasteiger partial charge on any atom is 0.336 e. The minimum absolute atomic E-state index is 0.0137. The van der Waals surface area contributed by atoms with Crippen molar-refractivity contribution in [1.29, 1.82) is 0 Å². The van der Waals surface area contributed by atoms with Crippen LogP contribution >= 0.6 is 0 Å². The molecule has 6 nitrogen and oxygen atoms in total. The number of methoxy groups -OCH3 is 1. The summed E-state index contributed by atoms with van der Waals surface area (Å²) < 4.78 is 5.11. The van der Waals surface area contributed by atoms with E-state index in [1.807, 2.05) is 21.9 Å². The Balaban J connectivity index is 1.72. The molecule has 2 bridgehead atoms. The molecule has 1 aromatic rings. The fraction of sp³-hybridized carbons (Fsp3) is 0.500. The molecular formula is C22H26N2O4. The topological polar surface area (TPSA) is 66.9 Å². The van der Waals surface area contributed by atoms with Gasteiger partial charge in [0, 0.05) is 24.7 Å². The largest absolute Gasteiger partial charge is 0.466 e. The molecule has 28 heavy (non-hydrogen) atoms. The Morgan fingerprint density at radius 1 is 1.04 bits per heavy atom. The molecule has 3 aliphatic heterocycles. The predicted octanol–water partition coefficient (Wildman–Crippen LogP) is 3.27. The zero-order valence-electron chi connectivity index (χ0n) is 16.4. The molecule has 0 spiro atoms. The molecule has 0 saturated carbocycles. The maximum absolute atomic E-state index is 13.1. The lowest BCUT2D eigenvalue weighted by Crippen LogP contribution is -2.51. The Kier molecular flexibility index (Phi) is 4.96. The lowest BCUT2D eigenvalue weighted by atomic mass is 9.88. The number of carbonyl (C=O) groups excluding carboxylic acids is 3. The molecule has 0 aliphatic carbocycles. The fourth-order valence-electron chi connectivity index (χ4n) is 4.82. The van der Waals surface area contributed by atoms with Crippen LogP contribution in [0.2, 0.25) is 0 Å². The second-order valence-corrected chi connectivity index (χ2v) is 7.85. The van der Waals surface area contributed by atoms with Crippen LogP contribution in [0.5, 0.6) is 0 Å². The van der Waals surface area contributed by atoms with Gasteiger partial charge < -0.3 is 14.5 Å². The molecular weight excluding hydrogens is 356 g/mol. The molecule has 3 heterocycles. The summed E-state index contributed by atoms with van der Waals surface area (Å²) in [7, 11) is 1.39. The van der Waals surface area contributed by atoms with Gasteiger partial charge >= 0.3 is 12.0 Å². The fourth-order valence-corrected chi connectivity index (χ4v) is 4.82. The summed E-state index contributed by atoms with van der Waals surface area (Å²) in [6.45, 7) is 3.13. The number of esters is 1. The van der Waals surface area contributed by atoms with Gasteiger partial charge in [-0.3, -0.25) is 4.79 Å². The van der Waals surface area contributed by atoms with Gasteiger partial charge in [-0.2, -0.15) is 0 Å². The molecule has 0 radical (unpaired) electrons. The number of rotatable bonds is 3. The van der Waals surface area contributed by atoms with Gasteiger partial charge in [-0.15, -0.1) is 0 Å². The van der Waals surface area contributed by atoms with E-state index in [9.17, 15) is 14.4 Å². The van der Waals surface area contributed by atoms with Gasteiger partial charge in [0.25, 0.3) is 0 Å². The lowest BCUT2D eigenvalue weighted by Gasteiger charge is -2.39. The van der Waals surface area contributed by atoms with E-state index in [2.05, 4.69) is 0 Å². The molecule has 148 valence electrons. The number of ketones is 1. The van der Waals surface area contributed by atoms with Crippen LogP contribution in [0.15, 0.2) is 29.8 Å². The number of likely N-dealkylation sites (tertiary alicyclic amines) is 1. The first-order chi connectivity index (χ1) is 13.5. The van der Waals surface area contributed by atoms with E-state index in [1.165, 1.54) is 14.0 Å². The molecule has 1 aromatic carbocycles. The average Bonchev–Trinajstić information content (AvgIpc) is 3.34. The number of hydrogen-bond donors (Lipinski definition) is 0. The Morgan fingerprint density at radius 2 is 1.71 bits per heavy atom. The minimum Gasteiger partial charge on any atom is -0.466 e. The molecule has 4 rings (SSSR count). The zero-order valence-corrected chi connectivity index (χ0v) is 16.4. The van der Waals surface area contributed by atoms with Gasteiger partial charge in [0.05, 0.1) is 18.7 Å². The molecule has 0 N–H and O–H groups in total. The number of urea groups is 1. The quantitative estimate of drug-likeness (QED) is 0.594. The van der Waals surface area contributed by atoms with Crippen LogP contribution in [0.3, 0.4) is 0 Å². The van der Waals surface area contributed by atoms with Crippen molar-refractivity contribution in [2.75, 3.05) is 20.2 Å². The highest BCUT2D eigenvalue weighted by molar-refractivity contribution is 6.01. The van der Waals surface area contributed by atoms with Crippen LogP contribution in [0.4, 0.5) is 4.79 Å². The van der Waals surface area contributed by atoms with Crippen molar-refractivity contribution in [1.82, 2.24) is 9.80 Å². The number of benzene rings is 1. The van der Waals surface area contributed by atoms with Crippen LogP contribution in [0.1, 0.15) is 54.9 Å². The van der Waals surface area contributed by atoms with Crippen molar-refractivity contribution < 1.29 is 19.1 Å². The van der Waals surface area contributed by atoms with Gasteiger partial charge in [0.1, 0.15) is 0 Å².